The van der Waals surface area contributed by atoms with Gasteiger partial charge >= 0.3 is 23.9 Å². The molecule has 0 aromatic heterocycles. The van der Waals surface area contributed by atoms with E-state index in [9.17, 15) is 19.2 Å². The third-order valence-corrected chi connectivity index (χ3v) is 6.74. The van der Waals surface area contributed by atoms with Crippen molar-refractivity contribution in [3.05, 3.63) is 24.3 Å². The average Bonchev–Trinajstić information content (AvgIpc) is 3.37. The second-order valence-corrected chi connectivity index (χ2v) is 10.2. The minimum Gasteiger partial charge on any atom is -0.393 e. The summed E-state index contributed by atoms with van der Waals surface area (Å²) in [5, 5.41) is 0. The lowest BCUT2D eigenvalue weighted by atomic mass is 10.0. The number of carbonyl (C=O) groups excluding carboxylic acids is 4. The molecule has 0 radical (unpaired) electrons. The molecule has 2 rings (SSSR count). The van der Waals surface area contributed by atoms with Gasteiger partial charge in [-0.2, -0.15) is 0 Å². The second-order valence-electron chi connectivity index (χ2n) is 10.2. The van der Waals surface area contributed by atoms with E-state index in [4.69, 9.17) is 0 Å². The van der Waals surface area contributed by atoms with Crippen LogP contribution in [-0.4, -0.2) is 23.9 Å². The van der Waals surface area contributed by atoms with Gasteiger partial charge in [-0.05, 0) is 25.7 Å². The van der Waals surface area contributed by atoms with Crippen molar-refractivity contribution in [2.45, 2.75) is 136 Å². The van der Waals surface area contributed by atoms with E-state index in [0.717, 1.165) is 12.8 Å². The highest BCUT2D eigenvalue weighted by Gasteiger charge is 2.31. The van der Waals surface area contributed by atoms with Gasteiger partial charge in [-0.3, -0.25) is 19.2 Å². The van der Waals surface area contributed by atoms with Gasteiger partial charge in [-0.15, -0.1) is 0 Å². The number of hydrogen-bond acceptors (Lipinski definition) is 6. The molecule has 0 bridgehead atoms. The molecule has 0 saturated carbocycles. The lowest BCUT2D eigenvalue weighted by Crippen LogP contribution is -2.03. The van der Waals surface area contributed by atoms with Gasteiger partial charge < -0.3 is 9.47 Å². The number of hydrogen-bond donors (Lipinski definition) is 0. The summed E-state index contributed by atoms with van der Waals surface area (Å²) >= 11 is 0. The molecule has 2 unspecified atom stereocenters. The highest BCUT2D eigenvalue weighted by atomic mass is 16.6. The van der Waals surface area contributed by atoms with E-state index in [1.807, 2.05) is 24.3 Å². The Morgan fingerprint density at radius 1 is 0.541 bits per heavy atom. The Morgan fingerprint density at radius 2 is 0.865 bits per heavy atom. The van der Waals surface area contributed by atoms with Gasteiger partial charge in [0.2, 0.25) is 0 Å². The quantitative estimate of drug-likeness (QED) is 0.0746. The van der Waals surface area contributed by atoms with Crippen molar-refractivity contribution >= 4 is 23.9 Å². The predicted molar refractivity (Wildman–Crippen MR) is 147 cm³/mol. The van der Waals surface area contributed by atoms with Crippen molar-refractivity contribution in [1.82, 2.24) is 0 Å². The SMILES string of the molecule is CCCCCCCCC/C=C/C1CC(=O)OC1=O.CCCCCCCCCC/C=C/C1CC(=O)OC1=O. The minimum absolute atomic E-state index is 0.215. The Bertz CT molecular complexity index is 723. The molecule has 2 aliphatic heterocycles. The first-order valence-corrected chi connectivity index (χ1v) is 14.8. The number of ether oxygens (including phenoxy) is 2. The summed E-state index contributed by atoms with van der Waals surface area (Å²) in [5.74, 6) is -2.24. The molecular weight excluding hydrogens is 468 g/mol. The van der Waals surface area contributed by atoms with Crippen molar-refractivity contribution in [3.8, 4) is 0 Å². The van der Waals surface area contributed by atoms with E-state index in [2.05, 4.69) is 23.3 Å². The number of cyclic esters (lactones) is 4. The molecule has 2 aliphatic rings. The Morgan fingerprint density at radius 3 is 1.16 bits per heavy atom. The number of rotatable bonds is 19. The molecule has 0 amide bonds. The van der Waals surface area contributed by atoms with Gasteiger partial charge in [0.05, 0.1) is 24.7 Å². The molecule has 2 fully saturated rings. The number of esters is 4. The number of unbranched alkanes of at least 4 members (excludes halogenated alkanes) is 15. The molecule has 0 aromatic rings. The van der Waals surface area contributed by atoms with Crippen LogP contribution in [0.2, 0.25) is 0 Å². The van der Waals surface area contributed by atoms with Crippen molar-refractivity contribution in [1.29, 1.82) is 0 Å². The molecule has 0 aliphatic carbocycles. The molecule has 2 heterocycles. The Balaban J connectivity index is 0.000000371. The summed E-state index contributed by atoms with van der Waals surface area (Å²) < 4.78 is 8.96. The average molecular weight is 519 g/mol. The minimum atomic E-state index is -0.398. The van der Waals surface area contributed by atoms with Gasteiger partial charge in [-0.1, -0.05) is 122 Å². The van der Waals surface area contributed by atoms with Crippen LogP contribution in [0.5, 0.6) is 0 Å². The van der Waals surface area contributed by atoms with E-state index in [1.54, 1.807) is 0 Å². The van der Waals surface area contributed by atoms with Gasteiger partial charge in [0.15, 0.2) is 0 Å². The summed E-state index contributed by atoms with van der Waals surface area (Å²) in [6.07, 6.45) is 29.6. The van der Waals surface area contributed by atoms with Crippen LogP contribution in [-0.2, 0) is 28.7 Å². The fraction of sp³-hybridized carbons (Fsp3) is 0.742. The molecular formula is C31H50O6. The maximum absolute atomic E-state index is 11.2. The summed E-state index contributed by atoms with van der Waals surface area (Å²) in [6.45, 7) is 4.46. The topological polar surface area (TPSA) is 86.7 Å². The van der Waals surface area contributed by atoms with Crippen LogP contribution >= 0.6 is 0 Å². The fourth-order valence-electron chi connectivity index (χ4n) is 4.41. The highest BCUT2D eigenvalue weighted by molar-refractivity contribution is 5.96. The smallest absolute Gasteiger partial charge is 0.321 e. The van der Waals surface area contributed by atoms with Crippen LogP contribution in [0.4, 0.5) is 0 Å². The first-order chi connectivity index (χ1) is 18.0. The predicted octanol–water partition coefficient (Wildman–Crippen LogP) is 7.94. The number of carbonyl (C=O) groups is 4. The Hall–Kier alpha value is -2.24. The molecule has 37 heavy (non-hydrogen) atoms. The van der Waals surface area contributed by atoms with E-state index in [0.29, 0.717) is 0 Å². The van der Waals surface area contributed by atoms with Crippen molar-refractivity contribution in [2.24, 2.45) is 11.8 Å². The normalized spacial score (nSPS) is 19.5. The van der Waals surface area contributed by atoms with Crippen LogP contribution in [0.15, 0.2) is 24.3 Å². The van der Waals surface area contributed by atoms with Crippen LogP contribution in [0.3, 0.4) is 0 Å². The Labute approximate surface area is 224 Å². The molecule has 0 aromatic carbocycles. The third-order valence-electron chi connectivity index (χ3n) is 6.74. The van der Waals surface area contributed by atoms with Gasteiger partial charge in [0.1, 0.15) is 0 Å². The van der Waals surface area contributed by atoms with Crippen LogP contribution in [0.1, 0.15) is 136 Å². The van der Waals surface area contributed by atoms with Gasteiger partial charge in [-0.25, -0.2) is 0 Å². The zero-order valence-corrected chi connectivity index (χ0v) is 23.3. The lowest BCUT2D eigenvalue weighted by molar-refractivity contribution is -0.154. The van der Waals surface area contributed by atoms with Gasteiger partial charge in [0.25, 0.3) is 0 Å². The molecule has 6 nitrogen and oxygen atoms in total. The first kappa shape index (κ1) is 32.8. The zero-order valence-electron chi connectivity index (χ0n) is 23.3. The van der Waals surface area contributed by atoms with Gasteiger partial charge in [0, 0.05) is 0 Å². The van der Waals surface area contributed by atoms with Crippen LogP contribution in [0, 0.1) is 11.8 Å². The summed E-state index contributed by atoms with van der Waals surface area (Å²) in [4.78, 5) is 44.1. The Kier molecular flexibility index (Phi) is 19.3. The molecule has 6 heteroatoms. The largest absolute Gasteiger partial charge is 0.393 e. The maximum atomic E-state index is 11.2. The third kappa shape index (κ3) is 17.0. The van der Waals surface area contributed by atoms with Crippen molar-refractivity contribution in [2.75, 3.05) is 0 Å². The zero-order chi connectivity index (χ0) is 27.1. The molecule has 0 spiro atoms. The van der Waals surface area contributed by atoms with Crippen LogP contribution < -0.4 is 0 Å². The fourth-order valence-corrected chi connectivity index (χ4v) is 4.41. The molecule has 2 saturated heterocycles. The van der Waals surface area contributed by atoms with E-state index in [1.165, 1.54) is 96.3 Å². The van der Waals surface area contributed by atoms with E-state index >= 15 is 0 Å². The lowest BCUT2D eigenvalue weighted by Gasteiger charge is -2.00. The van der Waals surface area contributed by atoms with E-state index in [-0.39, 0.29) is 24.7 Å². The van der Waals surface area contributed by atoms with Crippen LogP contribution in [0.25, 0.3) is 0 Å². The standard InChI is InChI=1S/C16H26O3.C15H24O3/c1-2-3-4-5-6-7-8-9-10-11-12-14-13-15(17)19-16(14)18;1-2-3-4-5-6-7-8-9-10-11-13-12-14(16)18-15(13)17/h11-12,14H,2-10,13H2,1H3;10-11,13H,2-9,12H2,1H3/b12-11+;11-10+. The maximum Gasteiger partial charge on any atom is 0.321 e. The molecule has 2 atom stereocenters. The second kappa shape index (κ2) is 21.8. The summed E-state index contributed by atoms with van der Waals surface area (Å²) in [7, 11) is 0. The first-order valence-electron chi connectivity index (χ1n) is 14.8. The van der Waals surface area contributed by atoms with Crippen molar-refractivity contribution in [3.63, 3.8) is 0 Å². The molecule has 210 valence electrons. The van der Waals surface area contributed by atoms with Crippen molar-refractivity contribution < 1.29 is 28.7 Å². The summed E-state index contributed by atoms with van der Waals surface area (Å²) in [6, 6.07) is 0. The molecule has 0 N–H and O–H groups in total. The highest BCUT2D eigenvalue weighted by Crippen LogP contribution is 2.19. The monoisotopic (exact) mass is 518 g/mol. The number of allylic oxidation sites excluding steroid dienone is 2. The summed E-state index contributed by atoms with van der Waals surface area (Å²) in [5.41, 5.74) is 0. The van der Waals surface area contributed by atoms with E-state index < -0.39 is 23.9 Å².